The molecular formula is C33H37N5O. The van der Waals surface area contributed by atoms with Crippen LogP contribution in [0.3, 0.4) is 0 Å². The first-order chi connectivity index (χ1) is 18.9. The predicted octanol–water partition coefficient (Wildman–Crippen LogP) is 6.83. The summed E-state index contributed by atoms with van der Waals surface area (Å²) >= 11 is 0. The van der Waals surface area contributed by atoms with Gasteiger partial charge in [0.05, 0.1) is 0 Å². The summed E-state index contributed by atoms with van der Waals surface area (Å²) < 4.78 is 0. The molecule has 2 amide bonds. The Bertz CT molecular complexity index is 1420. The Morgan fingerprint density at radius 2 is 1.59 bits per heavy atom. The second kappa shape index (κ2) is 11.7. The maximum Gasteiger partial charge on any atom is 0.321 e. The number of nitrogens with one attached hydrogen (secondary N) is 1. The van der Waals surface area contributed by atoms with Crippen LogP contribution in [0, 0.1) is 13.8 Å². The number of hydrogen-bond donors (Lipinski definition) is 1. The highest BCUT2D eigenvalue weighted by Crippen LogP contribution is 2.29. The highest BCUT2D eigenvalue weighted by Gasteiger charge is 2.25. The summed E-state index contributed by atoms with van der Waals surface area (Å²) in [5.41, 5.74) is 7.65. The van der Waals surface area contributed by atoms with Gasteiger partial charge in [-0.05, 0) is 49.1 Å². The molecule has 6 heteroatoms. The average Bonchev–Trinajstić information content (AvgIpc) is 2.95. The molecule has 0 saturated carbocycles. The number of hydrogen-bond acceptors (Lipinski definition) is 4. The largest absolute Gasteiger partial charge is 0.353 e. The van der Waals surface area contributed by atoms with E-state index in [1.807, 2.05) is 23.1 Å². The van der Waals surface area contributed by atoms with Crippen LogP contribution < -0.4 is 10.2 Å². The van der Waals surface area contributed by atoms with E-state index < -0.39 is 0 Å². The number of aryl methyl sites for hydroxylation is 2. The van der Waals surface area contributed by atoms with E-state index in [0.29, 0.717) is 32.1 Å². The highest BCUT2D eigenvalue weighted by molar-refractivity contribution is 5.89. The Morgan fingerprint density at radius 1 is 0.872 bits per heavy atom. The van der Waals surface area contributed by atoms with Crippen LogP contribution in [0.2, 0.25) is 0 Å². The second-order valence-corrected chi connectivity index (χ2v) is 10.6. The quantitative estimate of drug-likeness (QED) is 0.303. The molecule has 1 saturated heterocycles. The van der Waals surface area contributed by atoms with E-state index in [2.05, 4.69) is 98.6 Å². The van der Waals surface area contributed by atoms with Crippen molar-refractivity contribution in [1.29, 1.82) is 0 Å². The van der Waals surface area contributed by atoms with Crippen molar-refractivity contribution in [1.82, 2.24) is 14.9 Å². The molecule has 3 aromatic carbocycles. The van der Waals surface area contributed by atoms with Crippen molar-refractivity contribution in [2.24, 2.45) is 0 Å². The van der Waals surface area contributed by atoms with E-state index in [1.54, 1.807) is 0 Å². The Labute approximate surface area is 231 Å². The van der Waals surface area contributed by atoms with Crippen molar-refractivity contribution >= 4 is 17.5 Å². The van der Waals surface area contributed by atoms with E-state index in [1.165, 1.54) is 16.7 Å². The lowest BCUT2D eigenvalue weighted by molar-refractivity contribution is 0.208. The summed E-state index contributed by atoms with van der Waals surface area (Å²) in [7, 11) is 0. The molecule has 0 bridgehead atoms. The first kappa shape index (κ1) is 26.4. The van der Waals surface area contributed by atoms with Crippen LogP contribution in [0.15, 0.2) is 78.9 Å². The van der Waals surface area contributed by atoms with Gasteiger partial charge >= 0.3 is 6.03 Å². The van der Waals surface area contributed by atoms with Gasteiger partial charge in [0.2, 0.25) is 0 Å². The Balaban J connectivity index is 1.36. The third kappa shape index (κ3) is 6.28. The van der Waals surface area contributed by atoms with Gasteiger partial charge in [0, 0.05) is 55.1 Å². The molecule has 0 radical (unpaired) electrons. The molecule has 2 heterocycles. The Hall–Kier alpha value is -4.19. The molecule has 1 aliphatic heterocycles. The summed E-state index contributed by atoms with van der Waals surface area (Å²) in [6.07, 6.45) is 0.767. The second-order valence-electron chi connectivity index (χ2n) is 10.6. The Morgan fingerprint density at radius 3 is 2.26 bits per heavy atom. The number of nitrogens with zero attached hydrogens (tertiary/aromatic N) is 4. The zero-order valence-corrected chi connectivity index (χ0v) is 23.3. The molecule has 0 atom stereocenters. The highest BCUT2D eigenvalue weighted by atomic mass is 16.2. The van der Waals surface area contributed by atoms with Gasteiger partial charge in [-0.3, -0.25) is 0 Å². The number of carbonyl (C=O) groups excluding carboxylic acids is 1. The third-order valence-corrected chi connectivity index (χ3v) is 7.39. The molecule has 1 N–H and O–H groups in total. The topological polar surface area (TPSA) is 61.4 Å². The fraction of sp³-hybridized carbons (Fsp3) is 0.303. The lowest BCUT2D eigenvalue weighted by Crippen LogP contribution is -2.50. The molecule has 1 aliphatic rings. The minimum atomic E-state index is -0.0595. The van der Waals surface area contributed by atoms with Crippen LogP contribution >= 0.6 is 0 Å². The number of anilines is 2. The SMILES string of the molecule is Cc1cccc(-c2nc(C)c(Cc3ccccc3)c(N3CCN(C(=O)Nc4ccc(C(C)C)cc4)CC3)n2)c1. The first-order valence-electron chi connectivity index (χ1n) is 13.8. The molecule has 6 nitrogen and oxygen atoms in total. The molecule has 5 rings (SSSR count). The first-order valence-corrected chi connectivity index (χ1v) is 13.8. The van der Waals surface area contributed by atoms with E-state index in [4.69, 9.17) is 9.97 Å². The van der Waals surface area contributed by atoms with Crippen molar-refractivity contribution in [3.8, 4) is 11.4 Å². The molecular weight excluding hydrogens is 482 g/mol. The fourth-order valence-corrected chi connectivity index (χ4v) is 5.04. The minimum Gasteiger partial charge on any atom is -0.353 e. The number of rotatable bonds is 6. The van der Waals surface area contributed by atoms with Crippen molar-refractivity contribution < 1.29 is 4.79 Å². The van der Waals surface area contributed by atoms with Gasteiger partial charge in [-0.1, -0.05) is 80.1 Å². The number of amides is 2. The van der Waals surface area contributed by atoms with E-state index >= 15 is 0 Å². The lowest BCUT2D eigenvalue weighted by Gasteiger charge is -2.36. The van der Waals surface area contributed by atoms with Crippen LogP contribution in [0.4, 0.5) is 16.3 Å². The molecule has 1 fully saturated rings. The number of aromatic nitrogens is 2. The van der Waals surface area contributed by atoms with Crippen LogP contribution in [-0.2, 0) is 6.42 Å². The third-order valence-electron chi connectivity index (χ3n) is 7.39. The van der Waals surface area contributed by atoms with Gasteiger partial charge in [0.25, 0.3) is 0 Å². The maximum absolute atomic E-state index is 13.0. The molecule has 0 unspecified atom stereocenters. The zero-order chi connectivity index (χ0) is 27.4. The Kier molecular flexibility index (Phi) is 7.92. The van der Waals surface area contributed by atoms with Crippen LogP contribution in [0.5, 0.6) is 0 Å². The minimum absolute atomic E-state index is 0.0595. The van der Waals surface area contributed by atoms with Gasteiger partial charge in [-0.25, -0.2) is 14.8 Å². The van der Waals surface area contributed by atoms with Gasteiger partial charge < -0.3 is 15.1 Å². The molecule has 0 spiro atoms. The van der Waals surface area contributed by atoms with Crippen LogP contribution in [0.1, 0.15) is 47.7 Å². The van der Waals surface area contributed by atoms with Gasteiger partial charge in [0.15, 0.2) is 5.82 Å². The fourth-order valence-electron chi connectivity index (χ4n) is 5.04. The van der Waals surface area contributed by atoms with Crippen LogP contribution in [-0.4, -0.2) is 47.1 Å². The molecule has 200 valence electrons. The average molecular weight is 520 g/mol. The number of carbonyl (C=O) groups is 1. The van der Waals surface area contributed by atoms with E-state index in [0.717, 1.165) is 40.6 Å². The van der Waals surface area contributed by atoms with Crippen molar-refractivity contribution in [2.45, 2.75) is 40.0 Å². The van der Waals surface area contributed by atoms with Crippen molar-refractivity contribution in [2.75, 3.05) is 36.4 Å². The van der Waals surface area contributed by atoms with Gasteiger partial charge in [0.1, 0.15) is 5.82 Å². The van der Waals surface area contributed by atoms with Crippen molar-refractivity contribution in [3.63, 3.8) is 0 Å². The summed E-state index contributed by atoms with van der Waals surface area (Å²) in [4.78, 5) is 27.3. The molecule has 4 aromatic rings. The number of urea groups is 1. The normalized spacial score (nSPS) is 13.6. The summed E-state index contributed by atoms with van der Waals surface area (Å²) in [5.74, 6) is 2.17. The summed E-state index contributed by atoms with van der Waals surface area (Å²) in [5, 5.41) is 3.06. The smallest absolute Gasteiger partial charge is 0.321 e. The van der Waals surface area contributed by atoms with Gasteiger partial charge in [-0.15, -0.1) is 0 Å². The van der Waals surface area contributed by atoms with Gasteiger partial charge in [-0.2, -0.15) is 0 Å². The van der Waals surface area contributed by atoms with Crippen molar-refractivity contribution in [3.05, 3.63) is 107 Å². The summed E-state index contributed by atoms with van der Waals surface area (Å²) in [6.45, 7) is 11.2. The molecule has 0 aliphatic carbocycles. The molecule has 39 heavy (non-hydrogen) atoms. The van der Waals surface area contributed by atoms with E-state index in [9.17, 15) is 4.79 Å². The van der Waals surface area contributed by atoms with E-state index in [-0.39, 0.29) is 6.03 Å². The zero-order valence-electron chi connectivity index (χ0n) is 23.3. The number of benzene rings is 3. The predicted molar refractivity (Wildman–Crippen MR) is 160 cm³/mol. The lowest BCUT2D eigenvalue weighted by atomic mass is 10.0. The maximum atomic E-state index is 13.0. The summed E-state index contributed by atoms with van der Waals surface area (Å²) in [6, 6.07) is 26.9. The number of piperazine rings is 1. The molecule has 1 aromatic heterocycles. The standard InChI is InChI=1S/C33H37N5O/c1-23(2)27-13-15-29(16-14-27)35-33(39)38-19-17-37(18-20-38)32-30(22-26-10-6-5-7-11-26)25(4)34-31(36-32)28-12-8-9-24(3)21-28/h5-16,21,23H,17-20,22H2,1-4H3,(H,35,39). The monoisotopic (exact) mass is 519 g/mol. The van der Waals surface area contributed by atoms with Crippen LogP contribution in [0.25, 0.3) is 11.4 Å².